The van der Waals surface area contributed by atoms with Crippen LogP contribution in [0.2, 0.25) is 0 Å². The van der Waals surface area contributed by atoms with Crippen molar-refractivity contribution in [2.45, 2.75) is 42.9 Å². The van der Waals surface area contributed by atoms with Crippen molar-refractivity contribution in [3.8, 4) is 0 Å². The minimum atomic E-state index is -5.35. The first kappa shape index (κ1) is 38.5. The first-order chi connectivity index (χ1) is 23.4. The van der Waals surface area contributed by atoms with E-state index in [4.69, 9.17) is 66.2 Å². The number of aliphatic hydroxyl groups is 2. The van der Waals surface area contributed by atoms with Gasteiger partial charge in [-0.3, -0.25) is 23.4 Å². The molecule has 3 aliphatic rings. The van der Waals surface area contributed by atoms with Crippen molar-refractivity contribution in [2.24, 2.45) is 0 Å². The Kier molecular flexibility index (Phi) is 11.7. The summed E-state index contributed by atoms with van der Waals surface area (Å²) in [7, 11) is -10.7. The van der Waals surface area contributed by atoms with E-state index < -0.39 is 95.4 Å². The molecule has 276 valence electrons. The summed E-state index contributed by atoms with van der Waals surface area (Å²) in [4.78, 5) is 50.8. The van der Waals surface area contributed by atoms with Gasteiger partial charge < -0.3 is 76.8 Å². The molecule has 0 radical (unpaired) electrons. The van der Waals surface area contributed by atoms with E-state index >= 15 is 0 Å². The number of H-pyrrole nitrogens is 1. The van der Waals surface area contributed by atoms with Gasteiger partial charge in [0, 0.05) is 0 Å². The van der Waals surface area contributed by atoms with Gasteiger partial charge in [-0.15, -0.1) is 0 Å². The number of nitrogens with one attached hydrogen (secondary N) is 3. The first-order valence-electron chi connectivity index (χ1n) is 13.4. The Labute approximate surface area is 295 Å². The molecule has 0 spiro atoms. The molecule has 6 heterocycles. The summed E-state index contributed by atoms with van der Waals surface area (Å²) in [5, 5.41) is 26.7. The van der Waals surface area contributed by atoms with Crippen molar-refractivity contribution in [2.75, 3.05) is 35.3 Å². The molecule has 13 N–H and O–H groups in total. The number of phosphoric ester groups is 2. The molecule has 9 atom stereocenters. The molecular weight excluding hydrogens is 842 g/mol. The zero-order valence-electron chi connectivity index (χ0n) is 24.5. The fourth-order valence-electron chi connectivity index (χ4n) is 4.82. The molecule has 1 saturated heterocycles. The van der Waals surface area contributed by atoms with E-state index in [1.165, 1.54) is 10.9 Å². The number of rotatable bonds is 9. The van der Waals surface area contributed by atoms with Gasteiger partial charge in [0.25, 0.3) is 5.56 Å². The van der Waals surface area contributed by atoms with Crippen molar-refractivity contribution in [3.05, 3.63) is 32.8 Å². The predicted octanol–water partition coefficient (Wildman–Crippen LogP) is -3.35. The number of fused-ring (bicyclic) bond motifs is 3. The second-order valence-corrected chi connectivity index (χ2v) is 15.2. The Hall–Kier alpha value is -2.68. The minimum absolute atomic E-state index is 0.0161. The number of nitrogens with two attached hydrogens (primary N) is 2. The molecule has 0 saturated carbocycles. The number of hydrogen-bond acceptors (Lipinski definition) is 21. The molecule has 30 heteroatoms. The normalized spacial score (nSPS) is 28.4. The second kappa shape index (κ2) is 15.1. The molecule has 0 bridgehead atoms. The van der Waals surface area contributed by atoms with Crippen LogP contribution < -0.4 is 27.7 Å². The van der Waals surface area contributed by atoms with Crippen molar-refractivity contribution in [1.82, 2.24) is 29.5 Å². The number of aromatic nitrogens is 6. The van der Waals surface area contributed by atoms with E-state index in [1.54, 1.807) is 0 Å². The molecule has 3 aliphatic heterocycles. The SMILES string of the molecule is Nc1nc2c(c(=O)[nH]1)N[C@H]1C([S-])=C([S-])[C@@H](COP(=O)(O)OP(=O)(O)OC[C@H]3O[C@@H](n4cnc5c(N)ncnc54)[C@H](O)[C@@H]3O)O[C@H]1N2.[O]=[Mo]([OH])[OH]. The molecule has 2 unspecified atom stereocenters. The molecule has 3 aromatic rings. The van der Waals surface area contributed by atoms with Crippen LogP contribution in [0.1, 0.15) is 6.23 Å². The molecule has 3 aromatic heterocycles. The number of nitrogen functional groups attached to an aromatic ring is 2. The Morgan fingerprint density at radius 2 is 1.66 bits per heavy atom. The maximum absolute atomic E-state index is 12.6. The van der Waals surface area contributed by atoms with E-state index in [0.29, 0.717) is 0 Å². The van der Waals surface area contributed by atoms with E-state index in [-0.39, 0.29) is 44.2 Å². The third-order valence-corrected chi connectivity index (χ3v) is 10.6. The number of ether oxygens (including phenoxy) is 2. The standard InChI is InChI=1S/C20H26N10O12P2S2.Mo.2H2O.O/c21-14-8-16(24-3-23-14)30(4-25-8)19-11(32)10(31)5(41-19)1-38-43(34,35)42-44(36,37)39-2-6-12(45)13(46)7-18(40-6)27-15-9(26-7)17(33)29-20(22)28-15;;;;/h3-7,10-11,18-19,26,31-32,45-46H,1-2H2,(H,34,35)(H,36,37)(H2,21,23,24)(H4,22,27,28,29,33);;2*1H2;/q;+2;;;/p-4/t5-,6-,7+,10-,11-,18-,19-;;;;/m1..../s1. The summed E-state index contributed by atoms with van der Waals surface area (Å²) in [6, 6.07) is -0.800. The van der Waals surface area contributed by atoms with Crippen LogP contribution in [0.25, 0.3) is 11.2 Å². The van der Waals surface area contributed by atoms with Gasteiger partial charge in [-0.05, 0) is 0 Å². The number of aromatic amines is 1. The summed E-state index contributed by atoms with van der Waals surface area (Å²) >= 11 is 7.10. The summed E-state index contributed by atoms with van der Waals surface area (Å²) < 4.78 is 75.0. The van der Waals surface area contributed by atoms with Gasteiger partial charge in [-0.25, -0.2) is 24.1 Å². The topological polar surface area (TPSA) is 384 Å². The van der Waals surface area contributed by atoms with Crippen molar-refractivity contribution >= 4 is 75.3 Å². The second-order valence-electron chi connectivity index (χ2n) is 10.2. The van der Waals surface area contributed by atoms with Crippen molar-refractivity contribution < 1.29 is 80.9 Å². The van der Waals surface area contributed by atoms with Crippen LogP contribution in [0.15, 0.2) is 27.3 Å². The Morgan fingerprint density at radius 1 is 1.00 bits per heavy atom. The van der Waals surface area contributed by atoms with Crippen LogP contribution in [0.5, 0.6) is 0 Å². The summed E-state index contributed by atoms with van der Waals surface area (Å²) in [6.07, 6.45) is -5.70. The van der Waals surface area contributed by atoms with Gasteiger partial charge in [-0.1, -0.05) is 0 Å². The molecule has 25 nitrogen and oxygen atoms in total. The number of hydrogen-bond donors (Lipinski definition) is 11. The maximum atomic E-state index is 12.6. The fourth-order valence-corrected chi connectivity index (χ4v) is 7.46. The molecule has 0 aromatic carbocycles. The molecule has 0 aliphatic carbocycles. The van der Waals surface area contributed by atoms with E-state index in [0.717, 1.165) is 6.33 Å². The van der Waals surface area contributed by atoms with Gasteiger partial charge in [0.05, 0.1) is 31.7 Å². The van der Waals surface area contributed by atoms with Gasteiger partial charge >= 0.3 is 44.6 Å². The molecule has 50 heavy (non-hydrogen) atoms. The van der Waals surface area contributed by atoms with E-state index in [2.05, 4.69) is 39.9 Å². The quantitative estimate of drug-likeness (QED) is 0.0568. The van der Waals surface area contributed by atoms with Crippen LogP contribution in [-0.4, -0.2) is 107 Å². The van der Waals surface area contributed by atoms with Crippen LogP contribution >= 0.6 is 15.6 Å². The Morgan fingerprint density at radius 3 is 2.34 bits per heavy atom. The van der Waals surface area contributed by atoms with Crippen LogP contribution in [0, 0.1) is 0 Å². The van der Waals surface area contributed by atoms with Crippen LogP contribution in [0.3, 0.4) is 0 Å². The number of anilines is 4. The molecule has 1 fully saturated rings. The van der Waals surface area contributed by atoms with Crippen LogP contribution in [0.4, 0.5) is 23.3 Å². The zero-order valence-corrected chi connectivity index (χ0v) is 29.9. The summed E-state index contributed by atoms with van der Waals surface area (Å²) in [5.74, 6) is -0.0556. The summed E-state index contributed by atoms with van der Waals surface area (Å²) in [5.41, 5.74) is 11.2. The van der Waals surface area contributed by atoms with E-state index in [1.807, 2.05) is 0 Å². The van der Waals surface area contributed by atoms with E-state index in [9.17, 15) is 33.9 Å². The monoisotopic (exact) mass is 870 g/mol. The van der Waals surface area contributed by atoms with Gasteiger partial charge in [0.1, 0.15) is 35.8 Å². The summed E-state index contributed by atoms with van der Waals surface area (Å²) in [6.45, 7) is -1.64. The zero-order chi connectivity index (χ0) is 36.7. The van der Waals surface area contributed by atoms with Crippen molar-refractivity contribution in [1.29, 1.82) is 0 Å². The average Bonchev–Trinajstić information content (AvgIpc) is 3.57. The predicted molar refractivity (Wildman–Crippen MR) is 164 cm³/mol. The molecule has 0 amide bonds. The number of nitrogens with zero attached hydrogens (tertiary/aromatic N) is 5. The van der Waals surface area contributed by atoms with Gasteiger partial charge in [0.15, 0.2) is 29.7 Å². The third-order valence-electron chi connectivity index (χ3n) is 6.94. The average molecular weight is 869 g/mol. The Bertz CT molecular complexity index is 1970. The molecular formula is C20H26MoN10O15P2S2-2. The third kappa shape index (κ3) is 8.50. The van der Waals surface area contributed by atoms with Gasteiger partial charge in [0.2, 0.25) is 5.95 Å². The fraction of sp³-hybridized carbons (Fsp3) is 0.450. The number of imidazole rings is 1. The Balaban J connectivity index is 0.00000115. The van der Waals surface area contributed by atoms with Gasteiger partial charge in [-0.2, -0.15) is 19.1 Å². The first-order valence-corrected chi connectivity index (χ1v) is 19.9. The van der Waals surface area contributed by atoms with Crippen LogP contribution in [-0.2, 0) is 78.7 Å². The molecule has 6 rings (SSSR count). The number of phosphoric acid groups is 2. The van der Waals surface area contributed by atoms with Crippen molar-refractivity contribution in [3.63, 3.8) is 0 Å². The number of aliphatic hydroxyl groups excluding tert-OH is 2.